The molecule has 0 aromatic rings. The summed E-state index contributed by atoms with van der Waals surface area (Å²) < 4.78 is 5.62. The Balaban J connectivity index is 2.21. The third-order valence-corrected chi connectivity index (χ3v) is 3.33. The SMILES string of the molecule is CCN(CCOC(C)C)C1CCCCC1. The molecule has 0 unspecified atom stereocenters. The van der Waals surface area contributed by atoms with Crippen LogP contribution in [0.4, 0.5) is 0 Å². The van der Waals surface area contributed by atoms with Gasteiger partial charge in [-0.1, -0.05) is 26.2 Å². The number of nitrogens with zero attached hydrogens (tertiary/aromatic N) is 1. The van der Waals surface area contributed by atoms with E-state index < -0.39 is 0 Å². The number of ether oxygens (including phenoxy) is 1. The van der Waals surface area contributed by atoms with Gasteiger partial charge in [-0.3, -0.25) is 4.90 Å². The lowest BCUT2D eigenvalue weighted by molar-refractivity contribution is 0.0449. The van der Waals surface area contributed by atoms with E-state index in [1.807, 2.05) is 0 Å². The predicted molar refractivity (Wildman–Crippen MR) is 65.2 cm³/mol. The third-order valence-electron chi connectivity index (χ3n) is 3.33. The number of hydrogen-bond acceptors (Lipinski definition) is 2. The summed E-state index contributed by atoms with van der Waals surface area (Å²) in [5.41, 5.74) is 0. The highest BCUT2D eigenvalue weighted by Crippen LogP contribution is 2.22. The average molecular weight is 213 g/mol. The van der Waals surface area contributed by atoms with Crippen molar-refractivity contribution in [2.45, 2.75) is 65.0 Å². The molecule has 0 aromatic carbocycles. The Morgan fingerprint density at radius 2 is 1.87 bits per heavy atom. The minimum atomic E-state index is 0.370. The summed E-state index contributed by atoms with van der Waals surface area (Å²) in [5.74, 6) is 0. The standard InChI is InChI=1S/C13H27NO/c1-4-14(10-11-15-12(2)3)13-8-6-5-7-9-13/h12-13H,4-11H2,1-3H3. The molecule has 1 aliphatic carbocycles. The molecule has 0 spiro atoms. The van der Waals surface area contributed by atoms with Gasteiger partial charge in [-0.15, -0.1) is 0 Å². The first-order chi connectivity index (χ1) is 7.24. The fraction of sp³-hybridized carbons (Fsp3) is 1.00. The highest BCUT2D eigenvalue weighted by molar-refractivity contribution is 4.74. The summed E-state index contributed by atoms with van der Waals surface area (Å²) in [4.78, 5) is 2.60. The van der Waals surface area contributed by atoms with Gasteiger partial charge in [0.25, 0.3) is 0 Å². The first-order valence-corrected chi connectivity index (χ1v) is 6.59. The molecular formula is C13H27NO. The van der Waals surface area contributed by atoms with Crippen molar-refractivity contribution in [2.24, 2.45) is 0 Å². The zero-order chi connectivity index (χ0) is 11.1. The molecular weight excluding hydrogens is 186 g/mol. The van der Waals surface area contributed by atoms with Crippen LogP contribution in [0.15, 0.2) is 0 Å². The molecule has 0 aliphatic heterocycles. The molecule has 0 atom stereocenters. The van der Waals surface area contributed by atoms with Gasteiger partial charge in [0.1, 0.15) is 0 Å². The monoisotopic (exact) mass is 213 g/mol. The van der Waals surface area contributed by atoms with Crippen LogP contribution in [0.5, 0.6) is 0 Å². The Morgan fingerprint density at radius 1 is 1.20 bits per heavy atom. The molecule has 1 fully saturated rings. The quantitative estimate of drug-likeness (QED) is 0.672. The summed E-state index contributed by atoms with van der Waals surface area (Å²) in [6.45, 7) is 9.66. The van der Waals surface area contributed by atoms with Crippen molar-refractivity contribution in [3.05, 3.63) is 0 Å². The first-order valence-electron chi connectivity index (χ1n) is 6.59. The van der Waals surface area contributed by atoms with Crippen molar-refractivity contribution in [2.75, 3.05) is 19.7 Å². The molecule has 2 nitrogen and oxygen atoms in total. The second-order valence-electron chi connectivity index (χ2n) is 4.84. The van der Waals surface area contributed by atoms with Crippen LogP contribution in [0.2, 0.25) is 0 Å². The topological polar surface area (TPSA) is 12.5 Å². The number of hydrogen-bond donors (Lipinski definition) is 0. The van der Waals surface area contributed by atoms with Crippen molar-refractivity contribution in [1.82, 2.24) is 4.90 Å². The van der Waals surface area contributed by atoms with Gasteiger partial charge in [0.05, 0.1) is 12.7 Å². The molecule has 0 radical (unpaired) electrons. The van der Waals surface area contributed by atoms with Crippen LogP contribution < -0.4 is 0 Å². The normalized spacial score (nSPS) is 19.0. The van der Waals surface area contributed by atoms with E-state index >= 15 is 0 Å². The lowest BCUT2D eigenvalue weighted by Crippen LogP contribution is -2.39. The van der Waals surface area contributed by atoms with Gasteiger partial charge in [-0.2, -0.15) is 0 Å². The van der Waals surface area contributed by atoms with Crippen molar-refractivity contribution < 1.29 is 4.74 Å². The summed E-state index contributed by atoms with van der Waals surface area (Å²) in [6, 6.07) is 0.833. The maximum atomic E-state index is 5.62. The molecule has 0 bridgehead atoms. The first kappa shape index (κ1) is 13.0. The molecule has 1 rings (SSSR count). The van der Waals surface area contributed by atoms with Gasteiger partial charge in [-0.25, -0.2) is 0 Å². The molecule has 90 valence electrons. The van der Waals surface area contributed by atoms with Crippen molar-refractivity contribution in [3.8, 4) is 0 Å². The number of likely N-dealkylation sites (N-methyl/N-ethyl adjacent to an activating group) is 1. The molecule has 15 heavy (non-hydrogen) atoms. The summed E-state index contributed by atoms with van der Waals surface area (Å²) in [6.07, 6.45) is 7.45. The van der Waals surface area contributed by atoms with E-state index in [2.05, 4.69) is 25.7 Å². The fourth-order valence-electron chi connectivity index (χ4n) is 2.45. The van der Waals surface area contributed by atoms with E-state index in [1.54, 1.807) is 0 Å². The van der Waals surface area contributed by atoms with Gasteiger partial charge in [0.2, 0.25) is 0 Å². The van der Waals surface area contributed by atoms with Gasteiger partial charge in [-0.05, 0) is 33.2 Å². The zero-order valence-corrected chi connectivity index (χ0v) is 10.7. The van der Waals surface area contributed by atoms with Crippen molar-refractivity contribution >= 4 is 0 Å². The lowest BCUT2D eigenvalue weighted by Gasteiger charge is -2.33. The largest absolute Gasteiger partial charge is 0.377 e. The smallest absolute Gasteiger partial charge is 0.0597 e. The predicted octanol–water partition coefficient (Wildman–Crippen LogP) is 3.07. The van der Waals surface area contributed by atoms with Crippen LogP contribution in [-0.2, 0) is 4.74 Å². The molecule has 0 N–H and O–H groups in total. The van der Waals surface area contributed by atoms with Gasteiger partial charge in [0.15, 0.2) is 0 Å². The van der Waals surface area contributed by atoms with Gasteiger partial charge >= 0.3 is 0 Å². The van der Waals surface area contributed by atoms with E-state index in [9.17, 15) is 0 Å². The molecule has 2 heteroatoms. The molecule has 1 aliphatic rings. The second-order valence-corrected chi connectivity index (χ2v) is 4.84. The molecule has 0 aromatic heterocycles. The minimum Gasteiger partial charge on any atom is -0.377 e. The van der Waals surface area contributed by atoms with Crippen LogP contribution in [0, 0.1) is 0 Å². The Hall–Kier alpha value is -0.0800. The highest BCUT2D eigenvalue weighted by Gasteiger charge is 2.19. The summed E-state index contributed by atoms with van der Waals surface area (Å²) >= 11 is 0. The highest BCUT2D eigenvalue weighted by atomic mass is 16.5. The fourth-order valence-corrected chi connectivity index (χ4v) is 2.45. The van der Waals surface area contributed by atoms with E-state index in [4.69, 9.17) is 4.74 Å². The van der Waals surface area contributed by atoms with Crippen molar-refractivity contribution in [3.63, 3.8) is 0 Å². The number of rotatable bonds is 6. The maximum absolute atomic E-state index is 5.62. The second kappa shape index (κ2) is 7.24. The van der Waals surface area contributed by atoms with Gasteiger partial charge < -0.3 is 4.74 Å². The van der Waals surface area contributed by atoms with Crippen LogP contribution >= 0.6 is 0 Å². The third kappa shape index (κ3) is 4.98. The molecule has 0 heterocycles. The zero-order valence-electron chi connectivity index (χ0n) is 10.7. The summed E-state index contributed by atoms with van der Waals surface area (Å²) in [5, 5.41) is 0. The van der Waals surface area contributed by atoms with E-state index in [1.165, 1.54) is 38.6 Å². The minimum absolute atomic E-state index is 0.370. The van der Waals surface area contributed by atoms with Crippen molar-refractivity contribution in [1.29, 1.82) is 0 Å². The Labute approximate surface area is 95.0 Å². The van der Waals surface area contributed by atoms with Crippen LogP contribution in [-0.4, -0.2) is 36.7 Å². The van der Waals surface area contributed by atoms with Crippen LogP contribution in [0.3, 0.4) is 0 Å². The molecule has 0 saturated heterocycles. The Bertz CT molecular complexity index is 153. The molecule has 1 saturated carbocycles. The summed E-state index contributed by atoms with van der Waals surface area (Å²) in [7, 11) is 0. The van der Waals surface area contributed by atoms with E-state index in [0.29, 0.717) is 6.10 Å². The van der Waals surface area contributed by atoms with Gasteiger partial charge in [0, 0.05) is 12.6 Å². The lowest BCUT2D eigenvalue weighted by atomic mass is 9.94. The van der Waals surface area contributed by atoms with E-state index in [-0.39, 0.29) is 0 Å². The van der Waals surface area contributed by atoms with Crippen LogP contribution in [0.1, 0.15) is 52.9 Å². The maximum Gasteiger partial charge on any atom is 0.0597 e. The van der Waals surface area contributed by atoms with Crippen LogP contribution in [0.25, 0.3) is 0 Å². The Kier molecular flexibility index (Phi) is 6.26. The molecule has 0 amide bonds. The van der Waals surface area contributed by atoms with E-state index in [0.717, 1.165) is 19.2 Å². The average Bonchev–Trinajstić information content (AvgIpc) is 2.25. The Morgan fingerprint density at radius 3 is 2.40 bits per heavy atom.